The number of rotatable bonds is 11. The van der Waals surface area contributed by atoms with E-state index in [2.05, 4.69) is 19.2 Å². The molecular formula is C28H34N2O3. The molecule has 0 saturated carbocycles. The number of hydrogen-bond acceptors (Lipinski definition) is 3. The van der Waals surface area contributed by atoms with E-state index >= 15 is 0 Å². The molecule has 5 heteroatoms. The van der Waals surface area contributed by atoms with Gasteiger partial charge in [-0.25, -0.2) is 0 Å². The minimum atomic E-state index is -0.531. The van der Waals surface area contributed by atoms with Crippen molar-refractivity contribution in [2.45, 2.75) is 39.7 Å². The van der Waals surface area contributed by atoms with Crippen LogP contribution in [0.2, 0.25) is 0 Å². The van der Waals surface area contributed by atoms with Crippen molar-refractivity contribution < 1.29 is 14.3 Å². The Morgan fingerprint density at radius 1 is 0.939 bits per heavy atom. The topological polar surface area (TPSA) is 58.6 Å². The third kappa shape index (κ3) is 6.82. The largest absolute Gasteiger partial charge is 0.483 e. The van der Waals surface area contributed by atoms with E-state index in [0.29, 0.717) is 37.6 Å². The summed E-state index contributed by atoms with van der Waals surface area (Å²) < 4.78 is 5.96. The van der Waals surface area contributed by atoms with E-state index in [0.717, 1.165) is 16.3 Å². The van der Waals surface area contributed by atoms with Crippen LogP contribution in [0.15, 0.2) is 72.8 Å². The highest BCUT2D eigenvalue weighted by Crippen LogP contribution is 2.25. The molecule has 2 amide bonds. The maximum Gasteiger partial charge on any atom is 0.261 e. The number of amides is 2. The second-order valence-electron chi connectivity index (χ2n) is 8.65. The number of nitrogens with one attached hydrogen (secondary N) is 1. The first-order chi connectivity index (χ1) is 16.0. The van der Waals surface area contributed by atoms with Crippen LogP contribution in [0.4, 0.5) is 0 Å². The van der Waals surface area contributed by atoms with Crippen molar-refractivity contribution in [2.75, 3.05) is 19.7 Å². The van der Waals surface area contributed by atoms with E-state index < -0.39 is 6.04 Å². The van der Waals surface area contributed by atoms with E-state index in [1.807, 2.05) is 79.7 Å². The molecular weight excluding hydrogens is 412 g/mol. The Morgan fingerprint density at radius 2 is 1.64 bits per heavy atom. The fourth-order valence-corrected chi connectivity index (χ4v) is 3.86. The van der Waals surface area contributed by atoms with Crippen molar-refractivity contribution in [1.29, 1.82) is 0 Å². The molecule has 0 spiro atoms. The number of fused-ring (bicyclic) bond motifs is 1. The van der Waals surface area contributed by atoms with Crippen LogP contribution in [0.5, 0.6) is 5.75 Å². The van der Waals surface area contributed by atoms with Gasteiger partial charge in [-0.3, -0.25) is 9.59 Å². The monoisotopic (exact) mass is 446 g/mol. The third-order valence-corrected chi connectivity index (χ3v) is 5.66. The first kappa shape index (κ1) is 24.3. The van der Waals surface area contributed by atoms with Crippen LogP contribution < -0.4 is 10.1 Å². The first-order valence-electron chi connectivity index (χ1n) is 11.7. The van der Waals surface area contributed by atoms with Crippen LogP contribution in [0.1, 0.15) is 32.8 Å². The van der Waals surface area contributed by atoms with Gasteiger partial charge < -0.3 is 15.0 Å². The Balaban J connectivity index is 1.75. The Morgan fingerprint density at radius 3 is 2.36 bits per heavy atom. The van der Waals surface area contributed by atoms with Gasteiger partial charge in [-0.05, 0) is 35.8 Å². The molecule has 0 aliphatic carbocycles. The van der Waals surface area contributed by atoms with Crippen LogP contribution in [-0.4, -0.2) is 42.5 Å². The minimum absolute atomic E-state index is 0.113. The van der Waals surface area contributed by atoms with Gasteiger partial charge in [0.15, 0.2) is 6.61 Å². The van der Waals surface area contributed by atoms with Crippen LogP contribution in [0.3, 0.4) is 0 Å². The second-order valence-corrected chi connectivity index (χ2v) is 8.65. The van der Waals surface area contributed by atoms with E-state index in [-0.39, 0.29) is 18.4 Å². The van der Waals surface area contributed by atoms with Crippen molar-refractivity contribution in [3.05, 3.63) is 78.4 Å². The zero-order chi connectivity index (χ0) is 23.6. The van der Waals surface area contributed by atoms with E-state index in [1.54, 1.807) is 4.90 Å². The van der Waals surface area contributed by atoms with Gasteiger partial charge in [0.25, 0.3) is 5.91 Å². The number of benzene rings is 3. The normalized spacial score (nSPS) is 11.9. The van der Waals surface area contributed by atoms with E-state index in [4.69, 9.17) is 4.74 Å². The molecule has 5 nitrogen and oxygen atoms in total. The average Bonchev–Trinajstić information content (AvgIpc) is 2.84. The zero-order valence-corrected chi connectivity index (χ0v) is 19.8. The summed E-state index contributed by atoms with van der Waals surface area (Å²) >= 11 is 0. The molecule has 0 saturated heterocycles. The number of carbonyl (C=O) groups is 2. The molecule has 0 unspecified atom stereocenters. The highest BCUT2D eigenvalue weighted by atomic mass is 16.5. The summed E-state index contributed by atoms with van der Waals surface area (Å²) in [5.74, 6) is 0.708. The number of ether oxygens (including phenoxy) is 1. The van der Waals surface area contributed by atoms with Gasteiger partial charge in [-0.1, -0.05) is 87.5 Å². The van der Waals surface area contributed by atoms with Crippen molar-refractivity contribution in [1.82, 2.24) is 10.2 Å². The summed E-state index contributed by atoms with van der Waals surface area (Å²) in [4.78, 5) is 28.0. The molecule has 0 heterocycles. The lowest BCUT2D eigenvalue weighted by Crippen LogP contribution is -2.51. The Bertz CT molecular complexity index is 1040. The fraction of sp³-hybridized carbons (Fsp3) is 0.357. The SMILES string of the molecule is CC[C@@H](C(=O)NCC(C)C)N(CCc1ccccc1)C(=O)COc1cccc2ccccc12. The summed E-state index contributed by atoms with van der Waals surface area (Å²) in [5.41, 5.74) is 1.13. The molecule has 1 atom stereocenters. The summed E-state index contributed by atoms with van der Waals surface area (Å²) in [6.07, 6.45) is 1.22. The predicted octanol–water partition coefficient (Wildman–Crippen LogP) is 4.84. The minimum Gasteiger partial charge on any atom is -0.483 e. The second kappa shape index (κ2) is 12.0. The fourth-order valence-electron chi connectivity index (χ4n) is 3.86. The summed E-state index contributed by atoms with van der Waals surface area (Å²) in [6, 6.07) is 23.2. The van der Waals surface area contributed by atoms with Gasteiger partial charge >= 0.3 is 0 Å². The van der Waals surface area contributed by atoms with Gasteiger partial charge in [0.2, 0.25) is 5.91 Å². The van der Waals surface area contributed by atoms with Gasteiger partial charge in [-0.15, -0.1) is 0 Å². The van der Waals surface area contributed by atoms with Crippen molar-refractivity contribution in [2.24, 2.45) is 5.92 Å². The van der Waals surface area contributed by atoms with Crippen molar-refractivity contribution >= 4 is 22.6 Å². The molecule has 33 heavy (non-hydrogen) atoms. The molecule has 0 aliphatic heterocycles. The Hall–Kier alpha value is -3.34. The zero-order valence-electron chi connectivity index (χ0n) is 19.8. The quantitative estimate of drug-likeness (QED) is 0.458. The number of carbonyl (C=O) groups excluding carboxylic acids is 2. The molecule has 0 aliphatic rings. The van der Waals surface area contributed by atoms with Crippen LogP contribution >= 0.6 is 0 Å². The molecule has 0 radical (unpaired) electrons. The third-order valence-electron chi connectivity index (χ3n) is 5.66. The van der Waals surface area contributed by atoms with E-state index in [1.165, 1.54) is 0 Å². The number of nitrogens with zero attached hydrogens (tertiary/aromatic N) is 1. The van der Waals surface area contributed by atoms with E-state index in [9.17, 15) is 9.59 Å². The summed E-state index contributed by atoms with van der Waals surface area (Å²) in [6.45, 7) is 6.97. The molecule has 0 aromatic heterocycles. The Kier molecular flexibility index (Phi) is 8.87. The molecule has 3 rings (SSSR count). The van der Waals surface area contributed by atoms with Crippen molar-refractivity contribution in [3.63, 3.8) is 0 Å². The maximum absolute atomic E-state index is 13.3. The molecule has 3 aromatic carbocycles. The first-order valence-corrected chi connectivity index (χ1v) is 11.7. The molecule has 174 valence electrons. The van der Waals surface area contributed by atoms with Gasteiger partial charge in [0, 0.05) is 18.5 Å². The number of hydrogen-bond donors (Lipinski definition) is 1. The Labute approximate surface area is 196 Å². The smallest absolute Gasteiger partial charge is 0.261 e. The van der Waals surface area contributed by atoms with Crippen LogP contribution in [-0.2, 0) is 16.0 Å². The van der Waals surface area contributed by atoms with Gasteiger partial charge in [0.05, 0.1) is 0 Å². The lowest BCUT2D eigenvalue weighted by molar-refractivity contribution is -0.142. The van der Waals surface area contributed by atoms with Crippen LogP contribution in [0.25, 0.3) is 10.8 Å². The maximum atomic E-state index is 13.3. The highest BCUT2D eigenvalue weighted by Gasteiger charge is 2.28. The highest BCUT2D eigenvalue weighted by molar-refractivity contribution is 5.90. The van der Waals surface area contributed by atoms with Crippen LogP contribution in [0, 0.1) is 5.92 Å². The molecule has 0 fully saturated rings. The molecule has 1 N–H and O–H groups in total. The van der Waals surface area contributed by atoms with Crippen molar-refractivity contribution in [3.8, 4) is 5.75 Å². The standard InChI is InChI=1S/C28H34N2O3/c1-4-25(28(32)29-19-21(2)3)30(18-17-22-11-6-5-7-12-22)27(31)20-33-26-16-10-14-23-13-8-9-15-24(23)26/h5-16,21,25H,4,17-20H2,1-3H3,(H,29,32)/t25-/m0/s1. The summed E-state index contributed by atoms with van der Waals surface area (Å²) in [5, 5.41) is 5.01. The lowest BCUT2D eigenvalue weighted by atomic mass is 10.1. The average molecular weight is 447 g/mol. The lowest BCUT2D eigenvalue weighted by Gasteiger charge is -2.31. The molecule has 0 bridgehead atoms. The summed E-state index contributed by atoms with van der Waals surface area (Å²) in [7, 11) is 0. The molecule has 3 aromatic rings. The van der Waals surface area contributed by atoms with Gasteiger partial charge in [-0.2, -0.15) is 0 Å². The van der Waals surface area contributed by atoms with Gasteiger partial charge in [0.1, 0.15) is 11.8 Å². The predicted molar refractivity (Wildman–Crippen MR) is 133 cm³/mol.